The maximum Gasteiger partial charge on any atom is 0.0947 e. The van der Waals surface area contributed by atoms with Gasteiger partial charge in [0.1, 0.15) is 0 Å². The van der Waals surface area contributed by atoms with E-state index in [9.17, 15) is 0 Å². The van der Waals surface area contributed by atoms with Crippen LogP contribution in [0.3, 0.4) is 0 Å². The summed E-state index contributed by atoms with van der Waals surface area (Å²) in [5, 5.41) is 0. The lowest BCUT2D eigenvalue weighted by Gasteiger charge is -2.37. The highest BCUT2D eigenvalue weighted by Gasteiger charge is 2.27. The SMILES string of the molecule is COCCC(C)(CN)N(C)Cc1ccoc1. The Labute approximate surface area is 97.4 Å². The Hall–Kier alpha value is -0.840. The molecule has 4 heteroatoms. The molecule has 92 valence electrons. The molecule has 1 heterocycles. The fourth-order valence-electron chi connectivity index (χ4n) is 1.62. The van der Waals surface area contributed by atoms with Gasteiger partial charge in [-0.25, -0.2) is 0 Å². The van der Waals surface area contributed by atoms with Gasteiger partial charge in [0, 0.05) is 37.9 Å². The van der Waals surface area contributed by atoms with E-state index in [1.165, 1.54) is 5.56 Å². The Bertz CT molecular complexity index is 287. The molecule has 16 heavy (non-hydrogen) atoms. The summed E-state index contributed by atoms with van der Waals surface area (Å²) in [7, 11) is 3.79. The summed E-state index contributed by atoms with van der Waals surface area (Å²) in [6, 6.07) is 1.98. The molecule has 0 aliphatic heterocycles. The second kappa shape index (κ2) is 6.03. The number of methoxy groups -OCH3 is 1. The van der Waals surface area contributed by atoms with Crippen LogP contribution in [0.2, 0.25) is 0 Å². The van der Waals surface area contributed by atoms with E-state index in [1.807, 2.05) is 6.07 Å². The van der Waals surface area contributed by atoms with Crippen molar-refractivity contribution in [2.45, 2.75) is 25.4 Å². The lowest BCUT2D eigenvalue weighted by atomic mass is 9.96. The normalized spacial score (nSPS) is 15.3. The van der Waals surface area contributed by atoms with Crippen LogP contribution in [-0.2, 0) is 11.3 Å². The van der Waals surface area contributed by atoms with Crippen LogP contribution in [0.4, 0.5) is 0 Å². The molecule has 1 aromatic heterocycles. The van der Waals surface area contributed by atoms with Crippen molar-refractivity contribution in [3.8, 4) is 0 Å². The first-order valence-corrected chi connectivity index (χ1v) is 5.53. The zero-order chi connectivity index (χ0) is 12.0. The number of hydrogen-bond acceptors (Lipinski definition) is 4. The molecule has 2 N–H and O–H groups in total. The van der Waals surface area contributed by atoms with E-state index in [-0.39, 0.29) is 5.54 Å². The van der Waals surface area contributed by atoms with Gasteiger partial charge in [-0.1, -0.05) is 0 Å². The second-order valence-electron chi connectivity index (χ2n) is 4.43. The van der Waals surface area contributed by atoms with Gasteiger partial charge >= 0.3 is 0 Å². The van der Waals surface area contributed by atoms with Gasteiger partial charge in [-0.2, -0.15) is 0 Å². The lowest BCUT2D eigenvalue weighted by Crippen LogP contribution is -2.49. The van der Waals surface area contributed by atoms with E-state index in [4.69, 9.17) is 14.9 Å². The molecule has 0 spiro atoms. The number of rotatable bonds is 7. The van der Waals surface area contributed by atoms with E-state index in [2.05, 4.69) is 18.9 Å². The monoisotopic (exact) mass is 226 g/mol. The molecule has 1 aromatic rings. The van der Waals surface area contributed by atoms with Gasteiger partial charge in [0.15, 0.2) is 0 Å². The highest BCUT2D eigenvalue weighted by Crippen LogP contribution is 2.19. The third-order valence-electron chi connectivity index (χ3n) is 3.21. The Kier molecular flexibility index (Phi) is 4.99. The summed E-state index contributed by atoms with van der Waals surface area (Å²) in [6.07, 6.45) is 4.39. The smallest absolute Gasteiger partial charge is 0.0947 e. The average molecular weight is 226 g/mol. The van der Waals surface area contributed by atoms with Crippen molar-refractivity contribution in [3.05, 3.63) is 24.2 Å². The molecular formula is C12H22N2O2. The zero-order valence-corrected chi connectivity index (χ0v) is 10.4. The first-order chi connectivity index (χ1) is 7.62. The number of furan rings is 1. The quantitative estimate of drug-likeness (QED) is 0.765. The van der Waals surface area contributed by atoms with E-state index in [1.54, 1.807) is 19.6 Å². The molecule has 0 saturated carbocycles. The highest BCUT2D eigenvalue weighted by molar-refractivity contribution is 5.06. The van der Waals surface area contributed by atoms with E-state index >= 15 is 0 Å². The largest absolute Gasteiger partial charge is 0.472 e. The van der Waals surface area contributed by atoms with E-state index < -0.39 is 0 Å². The molecule has 1 rings (SSSR count). The van der Waals surface area contributed by atoms with Crippen molar-refractivity contribution in [1.82, 2.24) is 4.90 Å². The Morgan fingerprint density at radius 1 is 1.56 bits per heavy atom. The molecule has 0 aliphatic rings. The summed E-state index contributed by atoms with van der Waals surface area (Å²) in [5.74, 6) is 0. The topological polar surface area (TPSA) is 51.6 Å². The molecule has 0 bridgehead atoms. The Balaban J connectivity index is 2.57. The number of hydrogen-bond donors (Lipinski definition) is 1. The van der Waals surface area contributed by atoms with Crippen LogP contribution >= 0.6 is 0 Å². The summed E-state index contributed by atoms with van der Waals surface area (Å²) in [4.78, 5) is 2.25. The Morgan fingerprint density at radius 3 is 2.81 bits per heavy atom. The first-order valence-electron chi connectivity index (χ1n) is 5.53. The predicted octanol–water partition coefficient (Wildman–Crippen LogP) is 1.47. The van der Waals surface area contributed by atoms with Gasteiger partial charge in [-0.15, -0.1) is 0 Å². The molecule has 0 aliphatic carbocycles. The van der Waals surface area contributed by atoms with Gasteiger partial charge in [0.05, 0.1) is 12.5 Å². The van der Waals surface area contributed by atoms with Crippen LogP contribution in [0.1, 0.15) is 18.9 Å². The van der Waals surface area contributed by atoms with Crippen molar-refractivity contribution in [2.75, 3.05) is 27.3 Å². The number of likely N-dealkylation sites (N-methyl/N-ethyl adjacent to an activating group) is 1. The fourth-order valence-corrected chi connectivity index (χ4v) is 1.62. The summed E-state index contributed by atoms with van der Waals surface area (Å²) in [6.45, 7) is 4.34. The molecular weight excluding hydrogens is 204 g/mol. The fraction of sp³-hybridized carbons (Fsp3) is 0.667. The van der Waals surface area contributed by atoms with Crippen molar-refractivity contribution in [1.29, 1.82) is 0 Å². The van der Waals surface area contributed by atoms with Crippen molar-refractivity contribution < 1.29 is 9.15 Å². The third kappa shape index (κ3) is 3.33. The van der Waals surface area contributed by atoms with Gasteiger partial charge in [-0.05, 0) is 26.5 Å². The second-order valence-corrected chi connectivity index (χ2v) is 4.43. The predicted molar refractivity (Wildman–Crippen MR) is 64.1 cm³/mol. The van der Waals surface area contributed by atoms with Crippen molar-refractivity contribution in [3.63, 3.8) is 0 Å². The van der Waals surface area contributed by atoms with Crippen LogP contribution in [0.15, 0.2) is 23.0 Å². The molecule has 4 nitrogen and oxygen atoms in total. The van der Waals surface area contributed by atoms with Gasteiger partial charge < -0.3 is 14.9 Å². The van der Waals surface area contributed by atoms with Crippen LogP contribution in [0.25, 0.3) is 0 Å². The van der Waals surface area contributed by atoms with Crippen molar-refractivity contribution >= 4 is 0 Å². The molecule has 0 amide bonds. The minimum Gasteiger partial charge on any atom is -0.472 e. The number of ether oxygens (including phenoxy) is 1. The molecule has 1 unspecified atom stereocenters. The van der Waals surface area contributed by atoms with E-state index in [0.717, 1.165) is 19.6 Å². The van der Waals surface area contributed by atoms with Crippen LogP contribution < -0.4 is 5.73 Å². The maximum atomic E-state index is 5.86. The number of nitrogens with two attached hydrogens (primary N) is 1. The maximum absolute atomic E-state index is 5.86. The molecule has 0 radical (unpaired) electrons. The standard InChI is InChI=1S/C12H22N2O2/c1-12(10-13,5-7-15-3)14(2)8-11-4-6-16-9-11/h4,6,9H,5,7-8,10,13H2,1-3H3. The molecule has 0 saturated heterocycles. The Morgan fingerprint density at radius 2 is 2.31 bits per heavy atom. The van der Waals surface area contributed by atoms with Gasteiger partial charge in [0.25, 0.3) is 0 Å². The van der Waals surface area contributed by atoms with Crippen LogP contribution in [0, 0.1) is 0 Å². The molecule has 0 aromatic carbocycles. The average Bonchev–Trinajstić information content (AvgIpc) is 2.78. The highest BCUT2D eigenvalue weighted by atomic mass is 16.5. The lowest BCUT2D eigenvalue weighted by molar-refractivity contribution is 0.0838. The summed E-state index contributed by atoms with van der Waals surface area (Å²) >= 11 is 0. The summed E-state index contributed by atoms with van der Waals surface area (Å²) in [5.41, 5.74) is 6.99. The third-order valence-corrected chi connectivity index (χ3v) is 3.21. The zero-order valence-electron chi connectivity index (χ0n) is 10.4. The van der Waals surface area contributed by atoms with Gasteiger partial charge in [0.2, 0.25) is 0 Å². The minimum atomic E-state index is -0.0344. The minimum absolute atomic E-state index is 0.0344. The van der Waals surface area contributed by atoms with Crippen LogP contribution in [0.5, 0.6) is 0 Å². The van der Waals surface area contributed by atoms with E-state index in [0.29, 0.717) is 6.54 Å². The summed E-state index contributed by atoms with van der Waals surface area (Å²) < 4.78 is 10.2. The van der Waals surface area contributed by atoms with Gasteiger partial charge in [-0.3, -0.25) is 4.90 Å². The van der Waals surface area contributed by atoms with Crippen LogP contribution in [-0.4, -0.2) is 37.7 Å². The van der Waals surface area contributed by atoms with Crippen molar-refractivity contribution in [2.24, 2.45) is 5.73 Å². The first kappa shape index (κ1) is 13.2. The molecule has 0 fully saturated rings. The molecule has 1 atom stereocenters. The number of nitrogens with zero attached hydrogens (tertiary/aromatic N) is 1.